The van der Waals surface area contributed by atoms with Crippen LogP contribution in [0.2, 0.25) is 0 Å². The van der Waals surface area contributed by atoms with Gasteiger partial charge < -0.3 is 15.7 Å². The van der Waals surface area contributed by atoms with E-state index < -0.39 is 0 Å². The molecule has 5 nitrogen and oxygen atoms in total. The third kappa shape index (κ3) is 5.59. The van der Waals surface area contributed by atoms with E-state index >= 15 is 0 Å². The van der Waals surface area contributed by atoms with E-state index in [9.17, 15) is 14.7 Å². The van der Waals surface area contributed by atoms with E-state index in [2.05, 4.69) is 10.6 Å². The lowest BCUT2D eigenvalue weighted by atomic mass is 9.85. The Bertz CT molecular complexity index is 367. The summed E-state index contributed by atoms with van der Waals surface area (Å²) in [6.07, 6.45) is 10.7. The fourth-order valence-electron chi connectivity index (χ4n) is 3.78. The topological polar surface area (TPSA) is 78.4 Å². The van der Waals surface area contributed by atoms with Crippen molar-refractivity contribution in [3.63, 3.8) is 0 Å². The first kappa shape index (κ1) is 17.3. The van der Waals surface area contributed by atoms with Crippen molar-refractivity contribution < 1.29 is 14.7 Å². The molecule has 0 aromatic carbocycles. The van der Waals surface area contributed by atoms with Crippen LogP contribution < -0.4 is 10.6 Å². The molecule has 5 heteroatoms. The summed E-state index contributed by atoms with van der Waals surface area (Å²) in [5.74, 6) is 0.510. The van der Waals surface area contributed by atoms with Crippen LogP contribution in [0.4, 0.5) is 0 Å². The van der Waals surface area contributed by atoms with Crippen LogP contribution >= 0.6 is 0 Å². The zero-order chi connectivity index (χ0) is 15.8. The van der Waals surface area contributed by atoms with Crippen LogP contribution in [0.1, 0.15) is 64.2 Å². The lowest BCUT2D eigenvalue weighted by Crippen LogP contribution is -2.47. The maximum Gasteiger partial charge on any atom is 0.239 e. The summed E-state index contributed by atoms with van der Waals surface area (Å²) in [6.45, 7) is 0.180. The minimum atomic E-state index is -0.137. The SMILES string of the molecule is O=C(CC1CCCCC1)NCC(=O)NC1CCCCC1CO. The van der Waals surface area contributed by atoms with E-state index in [0.29, 0.717) is 12.3 Å². The Hall–Kier alpha value is -1.10. The normalized spacial score (nSPS) is 26.4. The summed E-state index contributed by atoms with van der Waals surface area (Å²) in [7, 11) is 0. The first-order chi connectivity index (χ1) is 10.7. The zero-order valence-electron chi connectivity index (χ0n) is 13.5. The van der Waals surface area contributed by atoms with Crippen molar-refractivity contribution in [2.75, 3.05) is 13.2 Å². The molecule has 22 heavy (non-hydrogen) atoms. The molecule has 2 atom stereocenters. The zero-order valence-corrected chi connectivity index (χ0v) is 13.5. The minimum Gasteiger partial charge on any atom is -0.396 e. The number of carbonyl (C=O) groups excluding carboxylic acids is 2. The summed E-state index contributed by atoms with van der Waals surface area (Å²) < 4.78 is 0. The van der Waals surface area contributed by atoms with Gasteiger partial charge in [0.25, 0.3) is 0 Å². The minimum absolute atomic E-state index is 0.00981. The molecule has 2 aliphatic rings. The molecule has 3 N–H and O–H groups in total. The summed E-state index contributed by atoms with van der Waals surface area (Å²) in [6, 6.07) is 0.0569. The third-order valence-corrected chi connectivity index (χ3v) is 5.13. The Kier molecular flexibility index (Phi) is 7.16. The Morgan fingerprint density at radius 1 is 0.909 bits per heavy atom. The van der Waals surface area contributed by atoms with Crippen molar-refractivity contribution in [2.24, 2.45) is 11.8 Å². The molecular formula is C17H30N2O3. The number of aliphatic hydroxyl groups excluding tert-OH is 1. The van der Waals surface area contributed by atoms with Crippen molar-refractivity contribution >= 4 is 11.8 Å². The fourth-order valence-corrected chi connectivity index (χ4v) is 3.78. The van der Waals surface area contributed by atoms with Gasteiger partial charge in [0.15, 0.2) is 0 Å². The van der Waals surface area contributed by atoms with Crippen molar-refractivity contribution in [2.45, 2.75) is 70.3 Å². The quantitative estimate of drug-likeness (QED) is 0.699. The summed E-state index contributed by atoms with van der Waals surface area (Å²) in [5.41, 5.74) is 0. The number of aliphatic hydroxyl groups is 1. The van der Waals surface area contributed by atoms with Gasteiger partial charge >= 0.3 is 0 Å². The first-order valence-electron chi connectivity index (χ1n) is 8.86. The van der Waals surface area contributed by atoms with E-state index in [1.54, 1.807) is 0 Å². The number of hydrogen-bond acceptors (Lipinski definition) is 3. The Labute approximate surface area is 133 Å². The molecule has 126 valence electrons. The molecule has 0 saturated heterocycles. The van der Waals surface area contributed by atoms with E-state index in [4.69, 9.17) is 0 Å². The molecule has 0 aromatic heterocycles. The van der Waals surface area contributed by atoms with Gasteiger partial charge in [-0.3, -0.25) is 9.59 Å². The fraction of sp³-hybridized carbons (Fsp3) is 0.882. The van der Waals surface area contributed by atoms with Gasteiger partial charge in [-0.25, -0.2) is 0 Å². The highest BCUT2D eigenvalue weighted by atomic mass is 16.3. The summed E-state index contributed by atoms with van der Waals surface area (Å²) >= 11 is 0. The van der Waals surface area contributed by atoms with Crippen molar-refractivity contribution in [1.29, 1.82) is 0 Å². The molecule has 0 heterocycles. The molecule has 2 amide bonds. The van der Waals surface area contributed by atoms with Crippen LogP contribution in [0.3, 0.4) is 0 Å². The second-order valence-electron chi connectivity index (χ2n) is 6.89. The summed E-state index contributed by atoms with van der Waals surface area (Å²) in [4.78, 5) is 23.9. The van der Waals surface area contributed by atoms with Crippen molar-refractivity contribution in [1.82, 2.24) is 10.6 Å². The molecule has 0 radical (unpaired) electrons. The molecule has 2 fully saturated rings. The lowest BCUT2D eigenvalue weighted by Gasteiger charge is -2.30. The molecule has 2 rings (SSSR count). The van der Waals surface area contributed by atoms with E-state index in [0.717, 1.165) is 38.5 Å². The van der Waals surface area contributed by atoms with Crippen molar-refractivity contribution in [3.05, 3.63) is 0 Å². The number of rotatable bonds is 6. The average Bonchev–Trinajstić information content (AvgIpc) is 2.54. The number of nitrogens with one attached hydrogen (secondary N) is 2. The maximum atomic E-state index is 12.0. The van der Waals surface area contributed by atoms with Gasteiger partial charge in [0.05, 0.1) is 6.54 Å². The van der Waals surface area contributed by atoms with Gasteiger partial charge in [0.1, 0.15) is 0 Å². The van der Waals surface area contributed by atoms with Crippen LogP contribution in [0.25, 0.3) is 0 Å². The predicted octanol–water partition coefficient (Wildman–Crippen LogP) is 1.74. The number of carbonyl (C=O) groups is 2. The van der Waals surface area contributed by atoms with Crippen LogP contribution in [-0.4, -0.2) is 36.1 Å². The highest BCUT2D eigenvalue weighted by Gasteiger charge is 2.26. The predicted molar refractivity (Wildman–Crippen MR) is 85.2 cm³/mol. The van der Waals surface area contributed by atoms with Gasteiger partial charge in [-0.05, 0) is 31.6 Å². The standard InChI is InChI=1S/C17H30N2O3/c20-12-14-8-4-5-9-15(14)19-17(22)11-18-16(21)10-13-6-2-1-3-7-13/h13-15,20H,1-12H2,(H,18,21)(H,19,22). The second kappa shape index (κ2) is 9.13. The highest BCUT2D eigenvalue weighted by molar-refractivity contribution is 5.84. The molecular weight excluding hydrogens is 280 g/mol. The monoisotopic (exact) mass is 310 g/mol. The molecule has 2 saturated carbocycles. The van der Waals surface area contributed by atoms with E-state index in [1.807, 2.05) is 0 Å². The van der Waals surface area contributed by atoms with Gasteiger partial charge in [-0.1, -0.05) is 32.1 Å². The molecule has 0 bridgehead atoms. The Morgan fingerprint density at radius 2 is 1.59 bits per heavy atom. The van der Waals surface area contributed by atoms with Crippen LogP contribution in [0.5, 0.6) is 0 Å². The average molecular weight is 310 g/mol. The van der Waals surface area contributed by atoms with Gasteiger partial charge in [0, 0.05) is 25.0 Å². The first-order valence-corrected chi connectivity index (χ1v) is 8.86. The van der Waals surface area contributed by atoms with Crippen molar-refractivity contribution in [3.8, 4) is 0 Å². The number of amides is 2. The molecule has 2 unspecified atom stereocenters. The largest absolute Gasteiger partial charge is 0.396 e. The molecule has 0 aliphatic heterocycles. The Balaban J connectivity index is 1.64. The third-order valence-electron chi connectivity index (χ3n) is 5.13. The van der Waals surface area contributed by atoms with Gasteiger partial charge in [-0.15, -0.1) is 0 Å². The molecule has 2 aliphatic carbocycles. The molecule has 0 spiro atoms. The van der Waals surface area contributed by atoms with Crippen LogP contribution in [0.15, 0.2) is 0 Å². The van der Waals surface area contributed by atoms with E-state index in [-0.39, 0.29) is 36.9 Å². The summed E-state index contributed by atoms with van der Waals surface area (Å²) in [5, 5.41) is 15.1. The van der Waals surface area contributed by atoms with E-state index in [1.165, 1.54) is 19.3 Å². The smallest absolute Gasteiger partial charge is 0.239 e. The van der Waals surface area contributed by atoms with Crippen LogP contribution in [-0.2, 0) is 9.59 Å². The maximum absolute atomic E-state index is 12.0. The van der Waals surface area contributed by atoms with Gasteiger partial charge in [0.2, 0.25) is 11.8 Å². The lowest BCUT2D eigenvalue weighted by molar-refractivity contribution is -0.127. The highest BCUT2D eigenvalue weighted by Crippen LogP contribution is 2.26. The van der Waals surface area contributed by atoms with Gasteiger partial charge in [-0.2, -0.15) is 0 Å². The number of hydrogen-bond donors (Lipinski definition) is 3. The Morgan fingerprint density at radius 3 is 2.32 bits per heavy atom. The van der Waals surface area contributed by atoms with Crippen LogP contribution in [0, 0.1) is 11.8 Å². The second-order valence-corrected chi connectivity index (χ2v) is 6.89. The molecule has 0 aromatic rings.